The van der Waals surface area contributed by atoms with E-state index in [-0.39, 0.29) is 52.9 Å². The van der Waals surface area contributed by atoms with E-state index in [1.54, 1.807) is 69.3 Å². The van der Waals surface area contributed by atoms with Crippen molar-refractivity contribution in [2.45, 2.75) is 32.9 Å². The summed E-state index contributed by atoms with van der Waals surface area (Å²) in [6.07, 6.45) is -0.519. The van der Waals surface area contributed by atoms with Crippen molar-refractivity contribution in [1.29, 1.82) is 0 Å². The molecule has 0 atom stereocenters. The molecule has 2 N–H and O–H groups in total. The minimum Gasteiger partial charge on any atom is -0.489 e. The maximum Gasteiger partial charge on any atom is 0.407 e. The minimum absolute atomic E-state index is 0.00450. The lowest BCUT2D eigenvalue weighted by Gasteiger charge is -2.19. The molecule has 4 rings (SSSR count). The van der Waals surface area contributed by atoms with Gasteiger partial charge in [-0.15, -0.1) is 0 Å². The SMILES string of the molecule is CC(C)(C)OC(=O)NCc1ccc(NC(=O)c2cc(Cl)c(OCCN3C(=O)c4ccccc4C3=O)c(Cl)c2)cc1. The molecule has 0 unspecified atom stereocenters. The van der Waals surface area contributed by atoms with Crippen molar-refractivity contribution >= 4 is 52.7 Å². The summed E-state index contributed by atoms with van der Waals surface area (Å²) < 4.78 is 10.9. The lowest BCUT2D eigenvalue weighted by molar-refractivity contribution is 0.0522. The Morgan fingerprint density at radius 3 is 2.02 bits per heavy atom. The molecule has 0 spiro atoms. The van der Waals surface area contributed by atoms with Crippen LogP contribution in [0.2, 0.25) is 10.0 Å². The number of carbonyl (C=O) groups is 4. The maximum atomic E-state index is 12.8. The average Bonchev–Trinajstić information content (AvgIpc) is 3.13. The zero-order valence-electron chi connectivity index (χ0n) is 22.0. The first-order valence-electron chi connectivity index (χ1n) is 12.4. The van der Waals surface area contributed by atoms with Crippen LogP contribution in [0.3, 0.4) is 0 Å². The second kappa shape index (κ2) is 12.0. The Hall–Kier alpha value is -4.08. The molecule has 0 saturated heterocycles. The van der Waals surface area contributed by atoms with Crippen molar-refractivity contribution in [2.24, 2.45) is 0 Å². The highest BCUT2D eigenvalue weighted by Crippen LogP contribution is 2.34. The Bertz CT molecular complexity index is 1410. The zero-order chi connectivity index (χ0) is 29.0. The van der Waals surface area contributed by atoms with Crippen LogP contribution in [0.15, 0.2) is 60.7 Å². The number of benzene rings is 3. The Labute approximate surface area is 241 Å². The van der Waals surface area contributed by atoms with Crippen LogP contribution in [0.25, 0.3) is 0 Å². The Morgan fingerprint density at radius 1 is 0.900 bits per heavy atom. The van der Waals surface area contributed by atoms with Gasteiger partial charge in [0.25, 0.3) is 17.7 Å². The van der Waals surface area contributed by atoms with Gasteiger partial charge in [-0.3, -0.25) is 19.3 Å². The molecule has 208 valence electrons. The number of halogens is 2. The number of fused-ring (bicyclic) bond motifs is 1. The maximum absolute atomic E-state index is 12.8. The molecule has 0 fully saturated rings. The van der Waals surface area contributed by atoms with Gasteiger partial charge in [0.15, 0.2) is 5.75 Å². The van der Waals surface area contributed by atoms with Gasteiger partial charge in [-0.2, -0.15) is 0 Å². The summed E-state index contributed by atoms with van der Waals surface area (Å²) in [4.78, 5) is 50.7. The molecule has 0 radical (unpaired) electrons. The van der Waals surface area contributed by atoms with Gasteiger partial charge in [-0.25, -0.2) is 4.79 Å². The van der Waals surface area contributed by atoms with E-state index in [1.165, 1.54) is 12.1 Å². The lowest BCUT2D eigenvalue weighted by Crippen LogP contribution is -2.33. The molecule has 0 saturated carbocycles. The van der Waals surface area contributed by atoms with Crippen molar-refractivity contribution in [3.8, 4) is 5.75 Å². The van der Waals surface area contributed by atoms with Gasteiger partial charge in [0, 0.05) is 17.8 Å². The van der Waals surface area contributed by atoms with Crippen molar-refractivity contribution in [2.75, 3.05) is 18.5 Å². The number of nitrogens with zero attached hydrogens (tertiary/aromatic N) is 1. The second-order valence-corrected chi connectivity index (χ2v) is 10.7. The first kappa shape index (κ1) is 28.9. The van der Waals surface area contributed by atoms with Gasteiger partial charge in [0.05, 0.1) is 27.7 Å². The fourth-order valence-corrected chi connectivity index (χ4v) is 4.50. The standard InChI is InChI=1S/C29H27Cl2N3O6/c1-29(2,3)40-28(38)32-16-17-8-10-19(11-9-17)33-25(35)18-14-22(30)24(23(31)15-18)39-13-12-34-26(36)20-6-4-5-7-21(20)27(34)37/h4-11,14-15H,12-13,16H2,1-3H3,(H,32,38)(H,33,35). The lowest BCUT2D eigenvalue weighted by atomic mass is 10.1. The number of ether oxygens (including phenoxy) is 2. The van der Waals surface area contributed by atoms with Crippen LogP contribution < -0.4 is 15.4 Å². The Morgan fingerprint density at radius 2 is 1.48 bits per heavy atom. The largest absolute Gasteiger partial charge is 0.489 e. The Kier molecular flexibility index (Phi) is 8.66. The highest BCUT2D eigenvalue weighted by molar-refractivity contribution is 6.37. The number of nitrogens with one attached hydrogen (secondary N) is 2. The van der Waals surface area contributed by atoms with Crippen LogP contribution >= 0.6 is 23.2 Å². The predicted octanol–water partition coefficient (Wildman–Crippen LogP) is 5.95. The van der Waals surface area contributed by atoms with E-state index < -0.39 is 17.6 Å². The molecule has 9 nitrogen and oxygen atoms in total. The first-order chi connectivity index (χ1) is 18.9. The van der Waals surface area contributed by atoms with E-state index in [0.29, 0.717) is 16.8 Å². The molecular weight excluding hydrogens is 557 g/mol. The van der Waals surface area contributed by atoms with Gasteiger partial charge in [0.2, 0.25) is 0 Å². The number of carbonyl (C=O) groups excluding carboxylic acids is 4. The molecule has 11 heteroatoms. The van der Waals surface area contributed by atoms with Crippen molar-refractivity contribution in [3.63, 3.8) is 0 Å². The molecule has 0 bridgehead atoms. The predicted molar refractivity (Wildman–Crippen MR) is 151 cm³/mol. The molecule has 0 aliphatic carbocycles. The summed E-state index contributed by atoms with van der Waals surface area (Å²) >= 11 is 12.7. The molecule has 1 heterocycles. The number of hydrogen-bond donors (Lipinski definition) is 2. The van der Waals surface area contributed by atoms with Crippen molar-refractivity contribution in [1.82, 2.24) is 10.2 Å². The number of imide groups is 1. The number of alkyl carbamates (subject to hydrolysis) is 1. The van der Waals surface area contributed by atoms with E-state index in [0.717, 1.165) is 10.5 Å². The fraction of sp³-hybridized carbons (Fsp3) is 0.241. The van der Waals surface area contributed by atoms with Crippen LogP contribution in [0.4, 0.5) is 10.5 Å². The van der Waals surface area contributed by atoms with Crippen LogP contribution in [0.1, 0.15) is 57.4 Å². The topological polar surface area (TPSA) is 114 Å². The number of amides is 4. The van der Waals surface area contributed by atoms with Gasteiger partial charge in [0.1, 0.15) is 12.2 Å². The number of hydrogen-bond acceptors (Lipinski definition) is 6. The van der Waals surface area contributed by atoms with E-state index in [9.17, 15) is 19.2 Å². The molecular formula is C29H27Cl2N3O6. The second-order valence-electron chi connectivity index (χ2n) is 9.93. The molecule has 4 amide bonds. The summed E-state index contributed by atoms with van der Waals surface area (Å²) in [5.41, 5.74) is 1.67. The summed E-state index contributed by atoms with van der Waals surface area (Å²) in [7, 11) is 0. The third-order valence-electron chi connectivity index (χ3n) is 5.75. The first-order valence-corrected chi connectivity index (χ1v) is 13.1. The fourth-order valence-electron chi connectivity index (χ4n) is 3.91. The van der Waals surface area contributed by atoms with Crippen molar-refractivity contribution < 1.29 is 28.7 Å². The van der Waals surface area contributed by atoms with Gasteiger partial charge in [-0.05, 0) is 62.7 Å². The monoisotopic (exact) mass is 583 g/mol. The smallest absolute Gasteiger partial charge is 0.407 e. The number of anilines is 1. The third kappa shape index (κ3) is 6.91. The molecule has 0 aromatic heterocycles. The molecule has 1 aliphatic heterocycles. The summed E-state index contributed by atoms with van der Waals surface area (Å²) in [5.74, 6) is -1.08. The third-order valence-corrected chi connectivity index (χ3v) is 6.31. The minimum atomic E-state index is -0.587. The van der Waals surface area contributed by atoms with E-state index >= 15 is 0 Å². The van der Waals surface area contributed by atoms with Gasteiger partial charge >= 0.3 is 6.09 Å². The molecule has 3 aromatic rings. The average molecular weight is 584 g/mol. The van der Waals surface area contributed by atoms with Crippen LogP contribution in [-0.4, -0.2) is 47.5 Å². The van der Waals surface area contributed by atoms with Crippen LogP contribution in [-0.2, 0) is 11.3 Å². The molecule has 3 aromatic carbocycles. The quantitative estimate of drug-likeness (QED) is 0.317. The molecule has 40 heavy (non-hydrogen) atoms. The molecule has 1 aliphatic rings. The van der Waals surface area contributed by atoms with Crippen molar-refractivity contribution in [3.05, 3.63) is 93.0 Å². The summed E-state index contributed by atoms with van der Waals surface area (Å²) in [6.45, 7) is 5.59. The number of rotatable bonds is 8. The summed E-state index contributed by atoms with van der Waals surface area (Å²) in [5, 5.41) is 5.64. The van der Waals surface area contributed by atoms with Gasteiger partial charge < -0.3 is 20.1 Å². The van der Waals surface area contributed by atoms with E-state index in [1.807, 2.05) is 0 Å². The zero-order valence-corrected chi connectivity index (χ0v) is 23.6. The Balaban J connectivity index is 1.31. The van der Waals surface area contributed by atoms with Gasteiger partial charge in [-0.1, -0.05) is 47.5 Å². The normalized spacial score (nSPS) is 12.7. The van der Waals surface area contributed by atoms with E-state index in [4.69, 9.17) is 32.7 Å². The van der Waals surface area contributed by atoms with Crippen LogP contribution in [0.5, 0.6) is 5.75 Å². The highest BCUT2D eigenvalue weighted by atomic mass is 35.5. The summed E-state index contributed by atoms with van der Waals surface area (Å²) in [6, 6.07) is 16.4. The highest BCUT2D eigenvalue weighted by Gasteiger charge is 2.34. The van der Waals surface area contributed by atoms with E-state index in [2.05, 4.69) is 10.6 Å². The van der Waals surface area contributed by atoms with Crippen LogP contribution in [0, 0.1) is 0 Å².